The highest BCUT2D eigenvalue weighted by Gasteiger charge is 2.31. The summed E-state index contributed by atoms with van der Waals surface area (Å²) in [5, 5.41) is 44.1. The Labute approximate surface area is 536 Å². The number of aromatic nitrogens is 14. The minimum Gasteiger partial charge on any atom is -0.305 e. The Kier molecular flexibility index (Phi) is 11.9. The minimum absolute atomic E-state index is 0.710. The van der Waals surface area contributed by atoms with Crippen molar-refractivity contribution in [1.29, 1.82) is 0 Å². The third-order valence-electron chi connectivity index (χ3n) is 18.1. The van der Waals surface area contributed by atoms with Crippen LogP contribution in [0.1, 0.15) is 0 Å². The van der Waals surface area contributed by atoms with Crippen LogP contribution in [0.3, 0.4) is 0 Å². The molecule has 12 aromatic carbocycles. The maximum Gasteiger partial charge on any atom is 0.168 e. The second-order valence-electron chi connectivity index (χ2n) is 23.4. The summed E-state index contributed by atoms with van der Waals surface area (Å²) in [5.41, 5.74) is 17.1. The van der Waals surface area contributed by atoms with Gasteiger partial charge in [0, 0.05) is 66.1 Å². The highest BCUT2D eigenvalue weighted by Crippen LogP contribution is 2.48. The van der Waals surface area contributed by atoms with Crippen LogP contribution >= 0.6 is 0 Å². The minimum atomic E-state index is 0.710. The molecule has 0 aliphatic rings. The molecular weight excluding hydrogens is 1160 g/mol. The van der Waals surface area contributed by atoms with Crippen molar-refractivity contribution in [2.75, 3.05) is 0 Å². The first-order chi connectivity index (χ1) is 46.7. The topological polar surface area (TPSA) is 132 Å². The summed E-state index contributed by atoms with van der Waals surface area (Å²) in [7, 11) is 0. The van der Waals surface area contributed by atoms with Crippen LogP contribution < -0.4 is 0 Å². The van der Waals surface area contributed by atoms with E-state index >= 15 is 0 Å². The molecule has 0 N–H and O–H groups in total. The Hall–Kier alpha value is -13.2. The summed E-state index contributed by atoms with van der Waals surface area (Å²) in [5.74, 6) is 5.73. The number of hydrogen-bond acceptors (Lipinski definition) is 8. The van der Waals surface area contributed by atoms with Gasteiger partial charge in [0.05, 0.1) is 55.8 Å². The molecule has 14 heteroatoms. The molecule has 0 aliphatic carbocycles. The average Bonchev–Trinajstić information content (AvgIpc) is 1.51. The van der Waals surface area contributed by atoms with E-state index in [2.05, 4.69) is 233 Å². The normalized spacial score (nSPS) is 11.8. The van der Waals surface area contributed by atoms with Crippen molar-refractivity contribution in [2.24, 2.45) is 0 Å². The van der Waals surface area contributed by atoms with E-state index in [0.717, 1.165) is 145 Å². The third kappa shape index (κ3) is 8.09. The molecule has 0 unspecified atom stereocenters. The Morgan fingerprint density at radius 3 is 0.638 bits per heavy atom. The molecule has 0 amide bonds. The predicted molar refractivity (Wildman–Crippen MR) is 373 cm³/mol. The molecule has 94 heavy (non-hydrogen) atoms. The van der Waals surface area contributed by atoms with Gasteiger partial charge in [0.2, 0.25) is 0 Å². The summed E-state index contributed by atoms with van der Waals surface area (Å²) in [4.78, 5) is 0. The zero-order valence-electron chi connectivity index (χ0n) is 50.1. The number of benzene rings is 12. The van der Waals surface area contributed by atoms with Gasteiger partial charge < -0.3 is 8.80 Å². The molecule has 440 valence electrons. The molecule has 7 aromatic heterocycles. The van der Waals surface area contributed by atoms with Crippen molar-refractivity contribution in [3.63, 3.8) is 0 Å². The maximum atomic E-state index is 5.07. The first kappa shape index (κ1) is 52.7. The Morgan fingerprint density at radius 2 is 0.404 bits per heavy atom. The van der Waals surface area contributed by atoms with Crippen LogP contribution in [-0.2, 0) is 0 Å². The molecule has 19 aromatic rings. The van der Waals surface area contributed by atoms with Gasteiger partial charge in [-0.05, 0) is 60.7 Å². The largest absolute Gasteiger partial charge is 0.305 e. The van der Waals surface area contributed by atoms with Gasteiger partial charge in [0.15, 0.2) is 46.6 Å². The van der Waals surface area contributed by atoms with E-state index < -0.39 is 0 Å². The second kappa shape index (κ2) is 21.2. The van der Waals surface area contributed by atoms with E-state index in [1.807, 2.05) is 97.1 Å². The van der Waals surface area contributed by atoms with E-state index in [4.69, 9.17) is 40.8 Å². The molecule has 0 aliphatic heterocycles. The summed E-state index contributed by atoms with van der Waals surface area (Å²) in [6.07, 6.45) is 0. The second-order valence-corrected chi connectivity index (χ2v) is 23.4. The molecular formula is C80H50N14. The van der Waals surface area contributed by atoms with Crippen LogP contribution in [0.15, 0.2) is 303 Å². The van der Waals surface area contributed by atoms with Crippen molar-refractivity contribution < 1.29 is 0 Å². The molecule has 0 saturated heterocycles. The fourth-order valence-corrected chi connectivity index (χ4v) is 14.0. The molecule has 19 rings (SSSR count). The summed E-state index contributed by atoms with van der Waals surface area (Å²) in [6.45, 7) is 0. The predicted octanol–water partition coefficient (Wildman–Crippen LogP) is 17.9. The van der Waals surface area contributed by atoms with E-state index in [1.165, 1.54) is 0 Å². The average molecular weight is 1210 g/mol. The summed E-state index contributed by atoms with van der Waals surface area (Å²) >= 11 is 0. The van der Waals surface area contributed by atoms with Gasteiger partial charge in [-0.15, -0.1) is 40.8 Å². The highest BCUT2D eigenvalue weighted by atomic mass is 15.3. The molecule has 0 saturated carbocycles. The standard InChI is InChI=1S/C80H50N14/c1-9-25-51(26-10-1)73-81-82-74(52-27-11-2-12-28-52)89(73)59-41-43-63-61(49-59)69-65(93-77(55-33-17-5-18-34-55)85-86-78(93)56-35-19-6-20-36-56)45-47-67-71(69)91(63)68-48-46-66(94-79(57-37-21-7-22-38-57)87-88-80(94)58-39-23-8-24-40-58)70-62-50-60(42-44-64(62)92(67)72(68)70)90-75(53-29-13-3-14-30-53)83-84-76(90)54-31-15-4-16-32-54/h1-50H. The number of nitrogens with zero attached hydrogens (tertiary/aromatic N) is 14. The van der Waals surface area contributed by atoms with E-state index in [0.29, 0.717) is 23.3 Å². The lowest BCUT2D eigenvalue weighted by Crippen LogP contribution is -2.04. The number of hydrogen-bond donors (Lipinski definition) is 0. The number of rotatable bonds is 12. The lowest BCUT2D eigenvalue weighted by Gasteiger charge is -2.17. The van der Waals surface area contributed by atoms with E-state index in [1.54, 1.807) is 0 Å². The summed E-state index contributed by atoms with van der Waals surface area (Å²) in [6, 6.07) is 105. The number of fused-ring (bicyclic) bond motifs is 8. The van der Waals surface area contributed by atoms with Gasteiger partial charge in [0.25, 0.3) is 0 Å². The Bertz CT molecular complexity index is 5450. The first-order valence-electron chi connectivity index (χ1n) is 31.2. The van der Waals surface area contributed by atoms with E-state index in [-0.39, 0.29) is 0 Å². The van der Waals surface area contributed by atoms with Gasteiger partial charge in [0.1, 0.15) is 0 Å². The van der Waals surface area contributed by atoms with Crippen molar-refractivity contribution >= 4 is 54.6 Å². The molecule has 7 heterocycles. The fourth-order valence-electron chi connectivity index (χ4n) is 14.0. The molecule has 0 spiro atoms. The lowest BCUT2D eigenvalue weighted by atomic mass is 10.1. The molecule has 0 fully saturated rings. The maximum absolute atomic E-state index is 5.07. The van der Waals surface area contributed by atoms with Crippen LogP contribution in [-0.4, -0.2) is 67.9 Å². The smallest absolute Gasteiger partial charge is 0.168 e. The SMILES string of the molecule is c1ccc(-c2nnc(-c3ccccc3)n2-c2ccc3c(c2)c2c(-n4c(-c5ccccc5)nnc4-c4ccccc4)ccc4c2n3c2ccc(-n3c(-c5ccccc5)nnc3-c3ccccc3)c3c5cc(-n6c(-c7ccccc7)nnc6-c6ccccc6)ccc5n4c32)cc1. The summed E-state index contributed by atoms with van der Waals surface area (Å²) < 4.78 is 13.8. The van der Waals surface area contributed by atoms with Gasteiger partial charge in [-0.2, -0.15) is 0 Å². The van der Waals surface area contributed by atoms with Crippen molar-refractivity contribution in [3.05, 3.63) is 303 Å². The van der Waals surface area contributed by atoms with Gasteiger partial charge in [-0.25, -0.2) is 0 Å². The van der Waals surface area contributed by atoms with Crippen LogP contribution in [0.4, 0.5) is 0 Å². The Balaban J connectivity index is 0.983. The molecule has 14 nitrogen and oxygen atoms in total. The lowest BCUT2D eigenvalue weighted by molar-refractivity contribution is 1.07. The zero-order valence-corrected chi connectivity index (χ0v) is 50.1. The highest BCUT2D eigenvalue weighted by molar-refractivity contribution is 6.25. The molecule has 0 bridgehead atoms. The fraction of sp³-hybridized carbons (Fsp3) is 0. The zero-order chi connectivity index (χ0) is 61.8. The Morgan fingerprint density at radius 1 is 0.191 bits per heavy atom. The quantitative estimate of drug-likeness (QED) is 0.111. The van der Waals surface area contributed by atoms with Crippen LogP contribution in [0.5, 0.6) is 0 Å². The van der Waals surface area contributed by atoms with Crippen LogP contribution in [0.2, 0.25) is 0 Å². The third-order valence-corrected chi connectivity index (χ3v) is 18.1. The van der Waals surface area contributed by atoms with Gasteiger partial charge in [-0.1, -0.05) is 243 Å². The van der Waals surface area contributed by atoms with Crippen LogP contribution in [0.25, 0.3) is 168 Å². The van der Waals surface area contributed by atoms with Crippen molar-refractivity contribution in [2.45, 2.75) is 0 Å². The van der Waals surface area contributed by atoms with Crippen LogP contribution in [0, 0.1) is 0 Å². The first-order valence-corrected chi connectivity index (χ1v) is 31.2. The van der Waals surface area contributed by atoms with Crippen molar-refractivity contribution in [3.8, 4) is 114 Å². The molecule has 0 atom stereocenters. The van der Waals surface area contributed by atoms with Gasteiger partial charge >= 0.3 is 0 Å². The molecule has 0 radical (unpaired) electrons. The monoisotopic (exact) mass is 1210 g/mol. The van der Waals surface area contributed by atoms with Gasteiger partial charge in [-0.3, -0.25) is 18.3 Å². The van der Waals surface area contributed by atoms with Crippen molar-refractivity contribution in [1.82, 2.24) is 67.9 Å². The van der Waals surface area contributed by atoms with E-state index in [9.17, 15) is 0 Å².